The molecular formula is C60H115NO5. The van der Waals surface area contributed by atoms with Crippen molar-refractivity contribution in [2.45, 2.75) is 334 Å². The maximum Gasteiger partial charge on any atom is 0.305 e. The minimum Gasteiger partial charge on any atom is -0.466 e. The monoisotopic (exact) mass is 930 g/mol. The third kappa shape index (κ3) is 51.7. The van der Waals surface area contributed by atoms with E-state index in [-0.39, 0.29) is 18.5 Å². The Morgan fingerprint density at radius 1 is 0.409 bits per heavy atom. The van der Waals surface area contributed by atoms with Crippen molar-refractivity contribution in [1.29, 1.82) is 0 Å². The van der Waals surface area contributed by atoms with Gasteiger partial charge in [-0.2, -0.15) is 0 Å². The molecule has 0 heterocycles. The van der Waals surface area contributed by atoms with E-state index in [1.807, 2.05) is 6.08 Å². The Bertz CT molecular complexity index is 1030. The van der Waals surface area contributed by atoms with Crippen molar-refractivity contribution in [1.82, 2.24) is 5.32 Å². The van der Waals surface area contributed by atoms with Crippen molar-refractivity contribution in [2.24, 2.45) is 0 Å². The number of carbonyl (C=O) groups excluding carboxylic acids is 2. The molecule has 6 heteroatoms. The van der Waals surface area contributed by atoms with Crippen LogP contribution < -0.4 is 5.32 Å². The number of hydrogen-bond acceptors (Lipinski definition) is 5. The molecule has 3 N–H and O–H groups in total. The highest BCUT2D eigenvalue weighted by Gasteiger charge is 2.18. The normalized spacial score (nSPS) is 12.7. The lowest BCUT2D eigenvalue weighted by atomic mass is 10.0. The van der Waals surface area contributed by atoms with E-state index in [9.17, 15) is 19.8 Å². The minimum atomic E-state index is -0.847. The fourth-order valence-corrected chi connectivity index (χ4v) is 9.16. The molecule has 2 unspecified atom stereocenters. The number of allylic oxidation sites excluding steroid dienone is 3. The summed E-state index contributed by atoms with van der Waals surface area (Å²) in [4.78, 5) is 24.5. The predicted octanol–water partition coefficient (Wildman–Crippen LogP) is 18.2. The standard InChI is InChI=1S/C60H115NO5/c1-3-5-7-9-11-13-15-17-18-19-20-23-26-30-34-38-42-46-50-54-60(65)66-55-51-47-43-39-35-31-27-24-21-22-25-29-33-37-41-45-49-53-59(64)61-57(56-62)58(63)52-48-44-40-36-32-28-16-14-12-10-8-6-4-2/h17-18,48,52,57-58,62-63H,3-16,19-47,49-51,53-56H2,1-2H3,(H,61,64)/b18-17-,52-48+. The third-order valence-corrected chi connectivity index (χ3v) is 13.7. The minimum absolute atomic E-state index is 0.00420. The molecule has 0 bridgehead atoms. The van der Waals surface area contributed by atoms with Crippen LogP contribution in [0.15, 0.2) is 24.3 Å². The van der Waals surface area contributed by atoms with Gasteiger partial charge in [-0.15, -0.1) is 0 Å². The van der Waals surface area contributed by atoms with Gasteiger partial charge in [0.25, 0.3) is 0 Å². The first kappa shape index (κ1) is 64.3. The molecule has 2 atom stereocenters. The van der Waals surface area contributed by atoms with Gasteiger partial charge in [0, 0.05) is 12.8 Å². The van der Waals surface area contributed by atoms with Gasteiger partial charge < -0.3 is 20.3 Å². The van der Waals surface area contributed by atoms with E-state index >= 15 is 0 Å². The number of amides is 1. The molecule has 6 nitrogen and oxygen atoms in total. The van der Waals surface area contributed by atoms with Gasteiger partial charge in [-0.1, -0.05) is 276 Å². The van der Waals surface area contributed by atoms with Crippen molar-refractivity contribution in [3.05, 3.63) is 24.3 Å². The van der Waals surface area contributed by atoms with Crippen LogP contribution in [-0.2, 0) is 14.3 Å². The number of carbonyl (C=O) groups is 2. The average molecular weight is 931 g/mol. The summed E-state index contributed by atoms with van der Waals surface area (Å²) in [5.74, 6) is -0.0685. The van der Waals surface area contributed by atoms with Crippen LogP contribution in [0.25, 0.3) is 0 Å². The van der Waals surface area contributed by atoms with Gasteiger partial charge in [-0.25, -0.2) is 0 Å². The lowest BCUT2D eigenvalue weighted by Crippen LogP contribution is -2.45. The number of ether oxygens (including phenoxy) is 1. The van der Waals surface area contributed by atoms with Crippen LogP contribution in [0.4, 0.5) is 0 Å². The zero-order valence-corrected chi connectivity index (χ0v) is 44.4. The largest absolute Gasteiger partial charge is 0.466 e. The summed E-state index contributed by atoms with van der Waals surface area (Å²) in [7, 11) is 0. The van der Waals surface area contributed by atoms with E-state index in [1.165, 1.54) is 250 Å². The molecule has 0 aliphatic carbocycles. The van der Waals surface area contributed by atoms with Crippen LogP contribution in [0, 0.1) is 0 Å². The number of aliphatic hydroxyl groups excluding tert-OH is 2. The Labute approximate surface area is 411 Å². The van der Waals surface area contributed by atoms with Gasteiger partial charge in [-0.3, -0.25) is 9.59 Å². The SMILES string of the molecule is CCCCCCCC/C=C\CCCCCCCCCCCC(=O)OCCCCCCCCCCCCCCCCCCCC(=O)NC(CO)C(O)/C=C/CCCCCCCCCCCCC. The summed E-state index contributed by atoms with van der Waals surface area (Å²) in [6, 6.07) is -0.631. The molecule has 0 saturated carbocycles. The molecular weight excluding hydrogens is 815 g/mol. The molecule has 390 valence electrons. The van der Waals surface area contributed by atoms with Crippen LogP contribution in [0.2, 0.25) is 0 Å². The molecule has 0 fully saturated rings. The molecule has 0 rings (SSSR count). The maximum atomic E-state index is 12.4. The summed E-state index contributed by atoms with van der Waals surface area (Å²) >= 11 is 0. The van der Waals surface area contributed by atoms with E-state index in [0.717, 1.165) is 44.9 Å². The van der Waals surface area contributed by atoms with Crippen molar-refractivity contribution in [2.75, 3.05) is 13.2 Å². The van der Waals surface area contributed by atoms with E-state index in [4.69, 9.17) is 4.74 Å². The lowest BCUT2D eigenvalue weighted by Gasteiger charge is -2.20. The van der Waals surface area contributed by atoms with E-state index < -0.39 is 12.1 Å². The summed E-state index contributed by atoms with van der Waals surface area (Å²) in [5, 5.41) is 23.1. The molecule has 0 radical (unpaired) electrons. The zero-order chi connectivity index (χ0) is 47.9. The first-order valence-electron chi connectivity index (χ1n) is 29.6. The number of esters is 1. The number of aliphatic hydroxyl groups is 2. The number of hydrogen-bond donors (Lipinski definition) is 3. The number of nitrogens with one attached hydrogen (secondary N) is 1. The average Bonchev–Trinajstić information content (AvgIpc) is 3.32. The molecule has 0 aromatic carbocycles. The van der Waals surface area contributed by atoms with Crippen molar-refractivity contribution < 1.29 is 24.5 Å². The maximum absolute atomic E-state index is 12.4. The molecule has 0 aliphatic heterocycles. The van der Waals surface area contributed by atoms with Gasteiger partial charge in [0.05, 0.1) is 25.4 Å². The second-order valence-electron chi connectivity index (χ2n) is 20.3. The summed E-state index contributed by atoms with van der Waals surface area (Å²) in [6.45, 7) is 4.90. The van der Waals surface area contributed by atoms with Gasteiger partial charge >= 0.3 is 5.97 Å². The Kier molecular flexibility index (Phi) is 54.5. The second-order valence-corrected chi connectivity index (χ2v) is 20.3. The van der Waals surface area contributed by atoms with Crippen LogP contribution in [0.5, 0.6) is 0 Å². The van der Waals surface area contributed by atoms with Crippen LogP contribution in [0.3, 0.4) is 0 Å². The zero-order valence-electron chi connectivity index (χ0n) is 44.4. The quantitative estimate of drug-likeness (QED) is 0.0321. The molecule has 0 saturated heterocycles. The highest BCUT2D eigenvalue weighted by Crippen LogP contribution is 2.17. The fourth-order valence-electron chi connectivity index (χ4n) is 9.16. The van der Waals surface area contributed by atoms with E-state index in [1.54, 1.807) is 6.08 Å². The molecule has 0 aliphatic rings. The Balaban J connectivity index is 3.41. The van der Waals surface area contributed by atoms with Gasteiger partial charge in [0.15, 0.2) is 0 Å². The van der Waals surface area contributed by atoms with Crippen molar-refractivity contribution in [3.8, 4) is 0 Å². The third-order valence-electron chi connectivity index (χ3n) is 13.7. The van der Waals surface area contributed by atoms with Crippen LogP contribution in [0.1, 0.15) is 322 Å². The fraction of sp³-hybridized carbons (Fsp3) is 0.900. The van der Waals surface area contributed by atoms with E-state index in [0.29, 0.717) is 19.4 Å². The Morgan fingerprint density at radius 3 is 1.08 bits per heavy atom. The highest BCUT2D eigenvalue weighted by atomic mass is 16.5. The summed E-state index contributed by atoms with van der Waals surface area (Å²) in [6.07, 6.45) is 67.7. The van der Waals surface area contributed by atoms with Gasteiger partial charge in [-0.05, 0) is 57.8 Å². The summed E-state index contributed by atoms with van der Waals surface area (Å²) < 4.78 is 5.49. The van der Waals surface area contributed by atoms with Crippen molar-refractivity contribution >= 4 is 11.9 Å². The van der Waals surface area contributed by atoms with Crippen LogP contribution >= 0.6 is 0 Å². The topological polar surface area (TPSA) is 95.9 Å². The lowest BCUT2D eigenvalue weighted by molar-refractivity contribution is -0.143. The van der Waals surface area contributed by atoms with E-state index in [2.05, 4.69) is 31.3 Å². The van der Waals surface area contributed by atoms with Crippen molar-refractivity contribution in [3.63, 3.8) is 0 Å². The van der Waals surface area contributed by atoms with Gasteiger partial charge in [0.1, 0.15) is 0 Å². The summed E-state index contributed by atoms with van der Waals surface area (Å²) in [5.41, 5.74) is 0. The highest BCUT2D eigenvalue weighted by molar-refractivity contribution is 5.76. The number of rotatable bonds is 55. The molecule has 1 amide bonds. The molecule has 66 heavy (non-hydrogen) atoms. The van der Waals surface area contributed by atoms with Crippen LogP contribution in [-0.4, -0.2) is 47.4 Å². The Hall–Kier alpha value is -1.66. The molecule has 0 spiro atoms. The number of unbranched alkanes of at least 4 members (excludes halogenated alkanes) is 42. The smallest absolute Gasteiger partial charge is 0.305 e. The first-order chi connectivity index (χ1) is 32.5. The van der Waals surface area contributed by atoms with Gasteiger partial charge in [0.2, 0.25) is 5.91 Å². The molecule has 0 aromatic heterocycles. The molecule has 0 aromatic rings. The first-order valence-corrected chi connectivity index (χ1v) is 29.6. The predicted molar refractivity (Wildman–Crippen MR) is 287 cm³/mol. The Morgan fingerprint density at radius 2 is 0.712 bits per heavy atom. The second kappa shape index (κ2) is 55.9.